The van der Waals surface area contributed by atoms with E-state index < -0.39 is 0 Å². The second-order valence-electron chi connectivity index (χ2n) is 5.99. The van der Waals surface area contributed by atoms with Crippen LogP contribution in [0.3, 0.4) is 0 Å². The van der Waals surface area contributed by atoms with Gasteiger partial charge in [0.15, 0.2) is 0 Å². The molecule has 2 aliphatic heterocycles. The summed E-state index contributed by atoms with van der Waals surface area (Å²) in [6.07, 6.45) is 5.83. The Hall–Kier alpha value is -1.66. The van der Waals surface area contributed by atoms with Gasteiger partial charge in [0.1, 0.15) is 6.10 Å². The summed E-state index contributed by atoms with van der Waals surface area (Å²) in [6, 6.07) is 4.21. The topological polar surface area (TPSA) is 47.4 Å². The fourth-order valence-corrected chi connectivity index (χ4v) is 4.48. The first-order chi connectivity index (χ1) is 10.8. The van der Waals surface area contributed by atoms with Gasteiger partial charge in [-0.3, -0.25) is 9.48 Å². The number of carbonyl (C=O) groups is 1. The van der Waals surface area contributed by atoms with Gasteiger partial charge >= 0.3 is 0 Å². The van der Waals surface area contributed by atoms with Gasteiger partial charge < -0.3 is 9.64 Å². The molecule has 6 heteroatoms. The number of hydrogen-bond acceptors (Lipinski definition) is 4. The molecular weight excluding hydrogens is 298 g/mol. The molecule has 2 fully saturated rings. The predicted molar refractivity (Wildman–Crippen MR) is 84.1 cm³/mol. The van der Waals surface area contributed by atoms with Crippen LogP contribution in [-0.4, -0.2) is 45.9 Å². The molecule has 4 heterocycles. The zero-order valence-corrected chi connectivity index (χ0v) is 13.3. The Kier molecular flexibility index (Phi) is 3.50. The van der Waals surface area contributed by atoms with Crippen molar-refractivity contribution in [3.05, 3.63) is 40.3 Å². The molecule has 116 valence electrons. The molecule has 5 nitrogen and oxygen atoms in total. The van der Waals surface area contributed by atoms with E-state index in [4.69, 9.17) is 4.74 Å². The van der Waals surface area contributed by atoms with E-state index in [0.29, 0.717) is 6.54 Å². The highest BCUT2D eigenvalue weighted by atomic mass is 32.1. The van der Waals surface area contributed by atoms with E-state index in [2.05, 4.69) is 5.10 Å². The standard InChI is InChI=1S/C16H19N3O2S/c1-11-5-9-22-15(11)16(20)18-10-13(19-7-3-6-17-19)14-12(18)4-2-8-21-14/h3,5-7,9,12-14H,2,4,8,10H2,1H3/t12-,13-,14+/m0/s1. The Morgan fingerprint density at radius 3 is 3.09 bits per heavy atom. The van der Waals surface area contributed by atoms with Gasteiger partial charge in [0.2, 0.25) is 0 Å². The Morgan fingerprint density at radius 2 is 2.36 bits per heavy atom. The highest BCUT2D eigenvalue weighted by Gasteiger charge is 2.47. The van der Waals surface area contributed by atoms with E-state index in [1.165, 1.54) is 11.3 Å². The molecule has 0 N–H and O–H groups in total. The van der Waals surface area contributed by atoms with Gasteiger partial charge in [-0.05, 0) is 42.8 Å². The molecule has 0 spiro atoms. The number of nitrogens with zero attached hydrogens (tertiary/aromatic N) is 3. The van der Waals surface area contributed by atoms with Crippen LogP contribution in [0.5, 0.6) is 0 Å². The van der Waals surface area contributed by atoms with Crippen LogP contribution in [0.25, 0.3) is 0 Å². The van der Waals surface area contributed by atoms with Crippen LogP contribution < -0.4 is 0 Å². The van der Waals surface area contributed by atoms with Crippen molar-refractivity contribution in [1.29, 1.82) is 0 Å². The van der Waals surface area contributed by atoms with E-state index in [-0.39, 0.29) is 24.1 Å². The lowest BCUT2D eigenvalue weighted by Crippen LogP contribution is -2.43. The largest absolute Gasteiger partial charge is 0.374 e. The van der Waals surface area contributed by atoms with Crippen molar-refractivity contribution < 1.29 is 9.53 Å². The van der Waals surface area contributed by atoms with Gasteiger partial charge in [0.25, 0.3) is 5.91 Å². The van der Waals surface area contributed by atoms with E-state index in [1.54, 1.807) is 6.20 Å². The van der Waals surface area contributed by atoms with Crippen molar-refractivity contribution in [2.75, 3.05) is 13.2 Å². The molecule has 0 radical (unpaired) electrons. The van der Waals surface area contributed by atoms with Crippen LogP contribution in [0.1, 0.15) is 34.1 Å². The van der Waals surface area contributed by atoms with Gasteiger partial charge in [-0.15, -0.1) is 11.3 Å². The maximum atomic E-state index is 13.0. The van der Waals surface area contributed by atoms with Crippen molar-refractivity contribution in [1.82, 2.24) is 14.7 Å². The number of ether oxygens (including phenoxy) is 1. The molecular formula is C16H19N3O2S. The van der Waals surface area contributed by atoms with Crippen LogP contribution in [0.15, 0.2) is 29.9 Å². The monoisotopic (exact) mass is 317 g/mol. The number of aromatic nitrogens is 2. The highest BCUT2D eigenvalue weighted by molar-refractivity contribution is 7.12. The van der Waals surface area contributed by atoms with E-state index in [9.17, 15) is 4.79 Å². The summed E-state index contributed by atoms with van der Waals surface area (Å²) in [4.78, 5) is 15.8. The van der Waals surface area contributed by atoms with E-state index in [0.717, 1.165) is 29.9 Å². The summed E-state index contributed by atoms with van der Waals surface area (Å²) >= 11 is 1.53. The van der Waals surface area contributed by atoms with Crippen LogP contribution in [-0.2, 0) is 4.74 Å². The Bertz CT molecular complexity index is 667. The number of aryl methyl sites for hydroxylation is 1. The molecule has 0 unspecified atom stereocenters. The van der Waals surface area contributed by atoms with Gasteiger partial charge in [-0.25, -0.2) is 0 Å². The molecule has 22 heavy (non-hydrogen) atoms. The van der Waals surface area contributed by atoms with E-state index >= 15 is 0 Å². The SMILES string of the molecule is Cc1ccsc1C(=O)N1C[C@H](n2cccn2)[C@@H]2OCCC[C@@H]21. The molecule has 2 aromatic rings. The molecule has 0 aliphatic carbocycles. The molecule has 0 saturated carbocycles. The fraction of sp³-hybridized carbons (Fsp3) is 0.500. The molecule has 2 saturated heterocycles. The molecule has 2 aliphatic rings. The summed E-state index contributed by atoms with van der Waals surface area (Å²) < 4.78 is 7.96. The number of carbonyl (C=O) groups excluding carboxylic acids is 1. The Morgan fingerprint density at radius 1 is 1.45 bits per heavy atom. The number of likely N-dealkylation sites (tertiary alicyclic amines) is 1. The lowest BCUT2D eigenvalue weighted by Gasteiger charge is -2.32. The minimum atomic E-state index is 0.0536. The minimum Gasteiger partial charge on any atom is -0.374 e. The van der Waals surface area contributed by atoms with Gasteiger partial charge in [-0.2, -0.15) is 5.10 Å². The quantitative estimate of drug-likeness (QED) is 0.855. The average molecular weight is 317 g/mol. The first-order valence-electron chi connectivity index (χ1n) is 7.71. The second-order valence-corrected chi connectivity index (χ2v) is 6.90. The van der Waals surface area contributed by atoms with Crippen LogP contribution >= 0.6 is 11.3 Å². The number of amides is 1. The number of rotatable bonds is 2. The number of fused-ring (bicyclic) bond motifs is 1. The smallest absolute Gasteiger partial charge is 0.264 e. The number of hydrogen-bond donors (Lipinski definition) is 0. The normalized spacial score (nSPS) is 27.9. The molecule has 2 aromatic heterocycles. The van der Waals surface area contributed by atoms with Crippen molar-refractivity contribution >= 4 is 17.2 Å². The first-order valence-corrected chi connectivity index (χ1v) is 8.59. The van der Waals surface area contributed by atoms with Gasteiger partial charge in [0, 0.05) is 25.5 Å². The summed E-state index contributed by atoms with van der Waals surface area (Å²) in [6.45, 7) is 3.45. The molecule has 3 atom stereocenters. The van der Waals surface area contributed by atoms with Gasteiger partial charge in [0.05, 0.1) is 17.0 Å². The minimum absolute atomic E-state index is 0.0536. The Labute approximate surface area is 133 Å². The van der Waals surface area contributed by atoms with Crippen LogP contribution in [0.2, 0.25) is 0 Å². The lowest BCUT2D eigenvalue weighted by atomic mass is 10.0. The second kappa shape index (κ2) is 5.52. The predicted octanol–water partition coefficient (Wildman–Crippen LogP) is 2.50. The van der Waals surface area contributed by atoms with Crippen molar-refractivity contribution in [2.45, 2.75) is 38.0 Å². The zero-order chi connectivity index (χ0) is 15.1. The van der Waals surface area contributed by atoms with E-state index in [1.807, 2.05) is 40.2 Å². The summed E-state index contributed by atoms with van der Waals surface area (Å²) in [5.41, 5.74) is 1.06. The molecule has 0 bridgehead atoms. The van der Waals surface area contributed by atoms with Crippen molar-refractivity contribution in [2.24, 2.45) is 0 Å². The molecule has 1 amide bonds. The molecule has 4 rings (SSSR count). The maximum Gasteiger partial charge on any atom is 0.264 e. The third-order valence-corrected chi connectivity index (χ3v) is 5.68. The van der Waals surface area contributed by atoms with Crippen molar-refractivity contribution in [3.8, 4) is 0 Å². The summed E-state index contributed by atoms with van der Waals surface area (Å²) in [5, 5.41) is 6.35. The lowest BCUT2D eigenvalue weighted by molar-refractivity contribution is -0.0246. The number of thiophene rings is 1. The van der Waals surface area contributed by atoms with Gasteiger partial charge in [-0.1, -0.05) is 0 Å². The highest BCUT2D eigenvalue weighted by Crippen LogP contribution is 2.36. The Balaban J connectivity index is 1.65. The third kappa shape index (κ3) is 2.18. The third-order valence-electron chi connectivity index (χ3n) is 4.68. The van der Waals surface area contributed by atoms with Crippen LogP contribution in [0, 0.1) is 6.92 Å². The first kappa shape index (κ1) is 14.0. The summed E-state index contributed by atoms with van der Waals surface area (Å²) in [5.74, 6) is 0.141. The molecule has 0 aromatic carbocycles. The summed E-state index contributed by atoms with van der Waals surface area (Å²) in [7, 11) is 0. The van der Waals surface area contributed by atoms with Crippen molar-refractivity contribution in [3.63, 3.8) is 0 Å². The zero-order valence-electron chi connectivity index (χ0n) is 12.5. The maximum absolute atomic E-state index is 13.0. The fourth-order valence-electron chi connectivity index (χ4n) is 3.60. The van der Waals surface area contributed by atoms with Crippen LogP contribution in [0.4, 0.5) is 0 Å². The average Bonchev–Trinajstić information content (AvgIpc) is 3.25.